The molecule has 4 heteroatoms. The Hall–Kier alpha value is -1.39. The molecule has 0 saturated heterocycles. The van der Waals surface area contributed by atoms with Gasteiger partial charge in [-0.1, -0.05) is 24.3 Å². The lowest BCUT2D eigenvalue weighted by Crippen LogP contribution is -2.19. The highest BCUT2D eigenvalue weighted by Gasteiger charge is 2.14. The van der Waals surface area contributed by atoms with E-state index in [4.69, 9.17) is 0 Å². The topological polar surface area (TPSA) is 12.0 Å². The highest BCUT2D eigenvalue weighted by Crippen LogP contribution is 2.23. The van der Waals surface area contributed by atoms with Gasteiger partial charge in [-0.2, -0.15) is 0 Å². The Kier molecular flexibility index (Phi) is 5.15. The zero-order valence-electron chi connectivity index (χ0n) is 11.5. The van der Waals surface area contributed by atoms with E-state index in [2.05, 4.69) is 5.32 Å². The Bertz CT molecular complexity index is 569. The van der Waals surface area contributed by atoms with E-state index in [1.165, 1.54) is 11.0 Å². The van der Waals surface area contributed by atoms with E-state index < -0.39 is 11.6 Å². The summed E-state index contributed by atoms with van der Waals surface area (Å²) in [4.78, 5) is 1.18. The van der Waals surface area contributed by atoms with Crippen molar-refractivity contribution in [3.05, 3.63) is 65.2 Å². The number of nitrogens with one attached hydrogen (secondary N) is 1. The fourth-order valence-electron chi connectivity index (χ4n) is 2.15. The van der Waals surface area contributed by atoms with E-state index in [1.807, 2.05) is 37.6 Å². The lowest BCUT2D eigenvalue weighted by Gasteiger charge is -2.17. The second-order valence-electron chi connectivity index (χ2n) is 4.53. The maximum Gasteiger partial charge on any atom is 0.162 e. The van der Waals surface area contributed by atoms with Crippen LogP contribution in [0.3, 0.4) is 0 Å². The minimum atomic E-state index is -0.796. The summed E-state index contributed by atoms with van der Waals surface area (Å²) in [6.07, 6.45) is 2.44. The van der Waals surface area contributed by atoms with Gasteiger partial charge in [0, 0.05) is 10.9 Å². The number of rotatable bonds is 5. The highest BCUT2D eigenvalue weighted by atomic mass is 32.2. The van der Waals surface area contributed by atoms with Crippen LogP contribution in [0.2, 0.25) is 0 Å². The number of benzene rings is 2. The van der Waals surface area contributed by atoms with Crippen molar-refractivity contribution in [2.24, 2.45) is 0 Å². The number of halogens is 2. The van der Waals surface area contributed by atoms with Gasteiger partial charge in [0.1, 0.15) is 0 Å². The third kappa shape index (κ3) is 3.38. The van der Waals surface area contributed by atoms with E-state index in [-0.39, 0.29) is 6.04 Å². The first-order valence-corrected chi connectivity index (χ1v) is 7.62. The molecule has 1 unspecified atom stereocenters. The molecule has 0 aliphatic heterocycles. The normalized spacial score (nSPS) is 12.4. The van der Waals surface area contributed by atoms with E-state index >= 15 is 0 Å². The molecule has 0 spiro atoms. The maximum atomic E-state index is 13.7. The number of thioether (sulfide) groups is 1. The van der Waals surface area contributed by atoms with Crippen LogP contribution in [-0.4, -0.2) is 13.3 Å². The van der Waals surface area contributed by atoms with Gasteiger partial charge in [0.25, 0.3) is 0 Å². The van der Waals surface area contributed by atoms with Crippen LogP contribution in [-0.2, 0) is 6.42 Å². The Balaban J connectivity index is 2.21. The molecule has 0 heterocycles. The zero-order valence-corrected chi connectivity index (χ0v) is 12.3. The first kappa shape index (κ1) is 15.0. The van der Waals surface area contributed by atoms with E-state index in [9.17, 15) is 8.78 Å². The van der Waals surface area contributed by atoms with E-state index in [0.29, 0.717) is 12.0 Å². The minimum absolute atomic E-state index is 0.0396. The predicted molar refractivity (Wildman–Crippen MR) is 80.1 cm³/mol. The molecule has 0 aliphatic rings. The first-order valence-electron chi connectivity index (χ1n) is 6.39. The first-order chi connectivity index (χ1) is 9.65. The Morgan fingerprint density at radius 1 is 1.10 bits per heavy atom. The van der Waals surface area contributed by atoms with Crippen molar-refractivity contribution in [3.8, 4) is 0 Å². The monoisotopic (exact) mass is 293 g/mol. The number of hydrogen-bond donors (Lipinski definition) is 1. The van der Waals surface area contributed by atoms with Crippen LogP contribution in [0.1, 0.15) is 17.2 Å². The van der Waals surface area contributed by atoms with Crippen LogP contribution in [0, 0.1) is 11.6 Å². The van der Waals surface area contributed by atoms with Crippen molar-refractivity contribution in [1.29, 1.82) is 0 Å². The van der Waals surface area contributed by atoms with Gasteiger partial charge in [0.05, 0.1) is 0 Å². The summed E-state index contributed by atoms with van der Waals surface area (Å²) in [6, 6.07) is 12.4. The van der Waals surface area contributed by atoms with Gasteiger partial charge >= 0.3 is 0 Å². The number of hydrogen-bond acceptors (Lipinski definition) is 2. The molecule has 2 aromatic rings. The van der Waals surface area contributed by atoms with Gasteiger partial charge in [0.15, 0.2) is 11.6 Å². The quantitative estimate of drug-likeness (QED) is 0.830. The van der Waals surface area contributed by atoms with Crippen molar-refractivity contribution in [2.75, 3.05) is 13.3 Å². The summed E-state index contributed by atoms with van der Waals surface area (Å²) in [5.74, 6) is -1.55. The van der Waals surface area contributed by atoms with Gasteiger partial charge in [-0.15, -0.1) is 11.8 Å². The van der Waals surface area contributed by atoms with Crippen LogP contribution in [0.15, 0.2) is 47.4 Å². The standard InChI is InChI=1S/C16H17F2NS/c1-19-15(11-6-8-13(20-2)9-7-11)10-12-4-3-5-14(17)16(12)18/h3-9,15,19H,10H2,1-2H3. The van der Waals surface area contributed by atoms with Crippen molar-refractivity contribution in [2.45, 2.75) is 17.4 Å². The van der Waals surface area contributed by atoms with Crippen LogP contribution in [0.5, 0.6) is 0 Å². The largest absolute Gasteiger partial charge is 0.313 e. The third-order valence-electron chi connectivity index (χ3n) is 3.32. The molecule has 1 atom stereocenters. The molecule has 0 saturated carbocycles. The Labute approximate surface area is 122 Å². The molecule has 2 aromatic carbocycles. The van der Waals surface area contributed by atoms with Gasteiger partial charge in [-0.25, -0.2) is 8.78 Å². The number of likely N-dealkylation sites (N-methyl/N-ethyl adjacent to an activating group) is 1. The molecule has 106 valence electrons. The van der Waals surface area contributed by atoms with Crippen LogP contribution >= 0.6 is 11.8 Å². The molecule has 20 heavy (non-hydrogen) atoms. The van der Waals surface area contributed by atoms with Gasteiger partial charge < -0.3 is 5.32 Å². The van der Waals surface area contributed by atoms with Crippen LogP contribution in [0.25, 0.3) is 0 Å². The minimum Gasteiger partial charge on any atom is -0.313 e. The molecule has 2 rings (SSSR count). The molecule has 1 nitrogen and oxygen atoms in total. The Morgan fingerprint density at radius 2 is 1.80 bits per heavy atom. The lowest BCUT2D eigenvalue weighted by molar-refractivity contribution is 0.487. The molecule has 1 N–H and O–H groups in total. The summed E-state index contributed by atoms with van der Waals surface area (Å²) in [7, 11) is 1.82. The maximum absolute atomic E-state index is 13.7. The summed E-state index contributed by atoms with van der Waals surface area (Å²) in [5.41, 5.74) is 1.45. The second-order valence-corrected chi connectivity index (χ2v) is 5.41. The molecule has 0 aromatic heterocycles. The van der Waals surface area contributed by atoms with E-state index in [0.717, 1.165) is 11.6 Å². The SMILES string of the molecule is CNC(Cc1cccc(F)c1F)c1ccc(SC)cc1. The van der Waals surface area contributed by atoms with Gasteiger partial charge in [0.2, 0.25) is 0 Å². The summed E-state index contributed by atoms with van der Waals surface area (Å²) in [5, 5.41) is 3.16. The highest BCUT2D eigenvalue weighted by molar-refractivity contribution is 7.98. The Morgan fingerprint density at radius 3 is 2.40 bits per heavy atom. The fraction of sp³-hybridized carbons (Fsp3) is 0.250. The summed E-state index contributed by atoms with van der Waals surface area (Å²) < 4.78 is 27.0. The summed E-state index contributed by atoms with van der Waals surface area (Å²) >= 11 is 1.68. The molecule has 0 fully saturated rings. The average Bonchev–Trinajstić information content (AvgIpc) is 2.49. The fourth-order valence-corrected chi connectivity index (χ4v) is 2.56. The van der Waals surface area contributed by atoms with Crippen molar-refractivity contribution in [3.63, 3.8) is 0 Å². The molecular weight excluding hydrogens is 276 g/mol. The second kappa shape index (κ2) is 6.86. The smallest absolute Gasteiger partial charge is 0.162 e. The van der Waals surface area contributed by atoms with E-state index in [1.54, 1.807) is 17.8 Å². The molecule has 0 radical (unpaired) electrons. The summed E-state index contributed by atoms with van der Waals surface area (Å²) in [6.45, 7) is 0. The predicted octanol–water partition coefficient (Wildman–Crippen LogP) is 4.19. The molecule has 0 amide bonds. The van der Waals surface area contributed by atoms with Gasteiger partial charge in [-0.05, 0) is 49.1 Å². The molecular formula is C16H17F2NS. The van der Waals surface area contributed by atoms with Crippen LogP contribution < -0.4 is 5.32 Å². The lowest BCUT2D eigenvalue weighted by atomic mass is 9.98. The third-order valence-corrected chi connectivity index (χ3v) is 4.07. The van der Waals surface area contributed by atoms with Crippen molar-refractivity contribution >= 4 is 11.8 Å². The van der Waals surface area contributed by atoms with Crippen molar-refractivity contribution < 1.29 is 8.78 Å². The van der Waals surface area contributed by atoms with Gasteiger partial charge in [-0.3, -0.25) is 0 Å². The van der Waals surface area contributed by atoms with Crippen LogP contribution in [0.4, 0.5) is 8.78 Å². The molecule has 0 bridgehead atoms. The van der Waals surface area contributed by atoms with Crippen molar-refractivity contribution in [1.82, 2.24) is 5.32 Å². The average molecular weight is 293 g/mol. The zero-order chi connectivity index (χ0) is 14.5. The molecule has 0 aliphatic carbocycles.